The van der Waals surface area contributed by atoms with Crippen molar-refractivity contribution < 1.29 is 0 Å². The summed E-state index contributed by atoms with van der Waals surface area (Å²) in [6, 6.07) is 6.77. The second kappa shape index (κ2) is 4.52. The average Bonchev–Trinajstić information content (AvgIpc) is 2.59. The van der Waals surface area contributed by atoms with Crippen LogP contribution in [0.15, 0.2) is 54.2 Å². The van der Waals surface area contributed by atoms with Gasteiger partial charge in [-0.2, -0.15) is 0 Å². The van der Waals surface area contributed by atoms with Crippen molar-refractivity contribution in [2.24, 2.45) is 0 Å². The lowest BCUT2D eigenvalue weighted by Crippen LogP contribution is -1.82. The number of hydrogen-bond acceptors (Lipinski definition) is 0. The van der Waals surface area contributed by atoms with E-state index in [9.17, 15) is 0 Å². The first kappa shape index (κ1) is 10.9. The van der Waals surface area contributed by atoms with Gasteiger partial charge in [-0.05, 0) is 37.8 Å². The van der Waals surface area contributed by atoms with Gasteiger partial charge in [0.1, 0.15) is 0 Å². The van der Waals surface area contributed by atoms with E-state index in [0.717, 1.165) is 12.8 Å². The molecule has 0 aliphatic heterocycles. The van der Waals surface area contributed by atoms with Crippen LogP contribution in [0, 0.1) is 6.92 Å². The van der Waals surface area contributed by atoms with Gasteiger partial charge < -0.3 is 0 Å². The summed E-state index contributed by atoms with van der Waals surface area (Å²) in [7, 11) is 0. The molecule has 0 amide bonds. The van der Waals surface area contributed by atoms with E-state index in [0.29, 0.717) is 0 Å². The summed E-state index contributed by atoms with van der Waals surface area (Å²) in [6.07, 6.45) is 8.41. The molecule has 0 spiro atoms. The Morgan fingerprint density at radius 1 is 1.25 bits per heavy atom. The molecule has 1 aliphatic carbocycles. The molecule has 0 atom stereocenters. The molecule has 2 rings (SSSR count). The quantitative estimate of drug-likeness (QED) is 0.643. The first-order valence-corrected chi connectivity index (χ1v) is 5.76. The second-order valence-electron chi connectivity index (χ2n) is 4.57. The highest BCUT2D eigenvalue weighted by Crippen LogP contribution is 2.27. The van der Waals surface area contributed by atoms with Crippen LogP contribution in [0.2, 0.25) is 0 Å². The average molecular weight is 210 g/mol. The van der Waals surface area contributed by atoms with Gasteiger partial charge >= 0.3 is 0 Å². The van der Waals surface area contributed by atoms with Gasteiger partial charge in [-0.15, -0.1) is 0 Å². The molecule has 0 fully saturated rings. The maximum atomic E-state index is 3.72. The SMILES string of the molecule is C=C/C=C(C)\C=C1/Cc2ccc(C)cc2C1. The summed E-state index contributed by atoms with van der Waals surface area (Å²) in [4.78, 5) is 0. The van der Waals surface area contributed by atoms with Crippen molar-refractivity contribution >= 4 is 0 Å². The molecule has 0 heterocycles. The monoisotopic (exact) mass is 210 g/mol. The zero-order valence-corrected chi connectivity index (χ0v) is 10.1. The van der Waals surface area contributed by atoms with Gasteiger partial charge in [0.25, 0.3) is 0 Å². The van der Waals surface area contributed by atoms with Gasteiger partial charge in [0.05, 0.1) is 0 Å². The summed E-state index contributed by atoms with van der Waals surface area (Å²) < 4.78 is 0. The molecule has 0 saturated carbocycles. The van der Waals surface area contributed by atoms with Gasteiger partial charge in [0, 0.05) is 0 Å². The molecule has 82 valence electrons. The zero-order chi connectivity index (χ0) is 11.5. The molecule has 0 bridgehead atoms. The second-order valence-corrected chi connectivity index (χ2v) is 4.57. The highest BCUT2D eigenvalue weighted by molar-refractivity contribution is 5.44. The molecule has 0 nitrogen and oxygen atoms in total. The minimum absolute atomic E-state index is 1.11. The van der Waals surface area contributed by atoms with Gasteiger partial charge in [0.2, 0.25) is 0 Å². The van der Waals surface area contributed by atoms with Gasteiger partial charge in [0.15, 0.2) is 0 Å². The van der Waals surface area contributed by atoms with E-state index in [1.807, 2.05) is 6.08 Å². The Bertz CT molecular complexity index is 473. The largest absolute Gasteiger partial charge is 0.0991 e. The van der Waals surface area contributed by atoms with Crippen molar-refractivity contribution in [3.63, 3.8) is 0 Å². The van der Waals surface area contributed by atoms with Crippen LogP contribution in [0.5, 0.6) is 0 Å². The molecular formula is C16H18. The number of benzene rings is 1. The van der Waals surface area contributed by atoms with Gasteiger partial charge in [-0.25, -0.2) is 0 Å². The number of fused-ring (bicyclic) bond motifs is 1. The van der Waals surface area contributed by atoms with Crippen LogP contribution in [0.25, 0.3) is 0 Å². The molecule has 0 heteroatoms. The summed E-state index contributed by atoms with van der Waals surface area (Å²) in [6.45, 7) is 8.01. The Kier molecular flexibility index (Phi) is 3.09. The number of allylic oxidation sites excluding steroid dienone is 5. The van der Waals surface area contributed by atoms with Crippen LogP contribution in [-0.4, -0.2) is 0 Å². The van der Waals surface area contributed by atoms with E-state index in [1.54, 1.807) is 0 Å². The Hall–Kier alpha value is -1.56. The molecule has 0 aromatic heterocycles. The fourth-order valence-electron chi connectivity index (χ4n) is 2.30. The van der Waals surface area contributed by atoms with Crippen LogP contribution in [0.1, 0.15) is 23.6 Å². The van der Waals surface area contributed by atoms with Crippen LogP contribution in [0.4, 0.5) is 0 Å². The lowest BCUT2D eigenvalue weighted by atomic mass is 10.1. The number of aryl methyl sites for hydroxylation is 1. The smallest absolute Gasteiger partial charge is 0.00576 e. The van der Waals surface area contributed by atoms with Gasteiger partial charge in [-0.1, -0.05) is 59.7 Å². The maximum Gasteiger partial charge on any atom is -0.00576 e. The van der Waals surface area contributed by atoms with Crippen LogP contribution in [-0.2, 0) is 12.8 Å². The molecule has 0 N–H and O–H groups in total. The van der Waals surface area contributed by atoms with E-state index in [-0.39, 0.29) is 0 Å². The predicted octanol–water partition coefficient (Wildman–Crippen LogP) is 4.15. The van der Waals surface area contributed by atoms with Crippen LogP contribution >= 0.6 is 0 Å². The van der Waals surface area contributed by atoms with E-state index in [1.165, 1.54) is 27.8 Å². The van der Waals surface area contributed by atoms with E-state index in [4.69, 9.17) is 0 Å². The van der Waals surface area contributed by atoms with Crippen molar-refractivity contribution in [3.05, 3.63) is 70.8 Å². The standard InChI is InChI=1S/C16H18/c1-4-5-12(2)8-14-10-15-7-6-13(3)9-16(15)11-14/h4-9H,1,10-11H2,2-3H3/b12-5-,14-8+. The summed E-state index contributed by atoms with van der Waals surface area (Å²) in [5, 5.41) is 0. The maximum absolute atomic E-state index is 3.72. The third-order valence-electron chi connectivity index (χ3n) is 3.01. The minimum Gasteiger partial charge on any atom is -0.0991 e. The molecule has 0 radical (unpaired) electrons. The molecular weight excluding hydrogens is 192 g/mol. The van der Waals surface area contributed by atoms with Crippen molar-refractivity contribution in [2.45, 2.75) is 26.7 Å². The molecule has 1 aliphatic rings. The molecule has 1 aromatic carbocycles. The Balaban J connectivity index is 2.23. The normalized spacial score (nSPS) is 17.6. The van der Waals surface area contributed by atoms with Crippen molar-refractivity contribution in [3.8, 4) is 0 Å². The van der Waals surface area contributed by atoms with Crippen LogP contribution in [0.3, 0.4) is 0 Å². The van der Waals surface area contributed by atoms with E-state index >= 15 is 0 Å². The lowest BCUT2D eigenvalue weighted by Gasteiger charge is -1.97. The fraction of sp³-hybridized carbons (Fsp3) is 0.250. The molecule has 0 saturated heterocycles. The summed E-state index contributed by atoms with van der Waals surface area (Å²) in [5.74, 6) is 0. The van der Waals surface area contributed by atoms with Crippen molar-refractivity contribution in [1.29, 1.82) is 0 Å². The third kappa shape index (κ3) is 2.33. The number of hydrogen-bond donors (Lipinski definition) is 0. The summed E-state index contributed by atoms with van der Waals surface area (Å²) >= 11 is 0. The molecule has 0 unspecified atom stereocenters. The fourth-order valence-corrected chi connectivity index (χ4v) is 2.30. The van der Waals surface area contributed by atoms with Crippen LogP contribution < -0.4 is 0 Å². The minimum atomic E-state index is 1.11. The Morgan fingerprint density at radius 3 is 2.75 bits per heavy atom. The Morgan fingerprint density at radius 2 is 2.00 bits per heavy atom. The highest BCUT2D eigenvalue weighted by atomic mass is 14.2. The zero-order valence-electron chi connectivity index (χ0n) is 10.1. The molecule has 1 aromatic rings. The first-order chi connectivity index (χ1) is 7.69. The summed E-state index contributed by atoms with van der Waals surface area (Å²) in [5.41, 5.74) is 7.14. The first-order valence-electron chi connectivity index (χ1n) is 5.76. The van der Waals surface area contributed by atoms with Crippen molar-refractivity contribution in [2.75, 3.05) is 0 Å². The topological polar surface area (TPSA) is 0 Å². The predicted molar refractivity (Wildman–Crippen MR) is 70.6 cm³/mol. The lowest BCUT2D eigenvalue weighted by molar-refractivity contribution is 1.16. The highest BCUT2D eigenvalue weighted by Gasteiger charge is 2.14. The third-order valence-corrected chi connectivity index (χ3v) is 3.01. The van der Waals surface area contributed by atoms with E-state index in [2.05, 4.69) is 50.8 Å². The van der Waals surface area contributed by atoms with Crippen molar-refractivity contribution in [1.82, 2.24) is 0 Å². The molecule has 16 heavy (non-hydrogen) atoms. The van der Waals surface area contributed by atoms with Gasteiger partial charge in [-0.3, -0.25) is 0 Å². The number of rotatable bonds is 2. The van der Waals surface area contributed by atoms with E-state index < -0.39 is 0 Å². The Labute approximate surface area is 98.0 Å².